The van der Waals surface area contributed by atoms with Crippen LogP contribution in [0.5, 0.6) is 0 Å². The highest BCUT2D eigenvalue weighted by Crippen LogP contribution is 2.24. The maximum absolute atomic E-state index is 13.3. The topological polar surface area (TPSA) is 80.1 Å². The van der Waals surface area contributed by atoms with E-state index >= 15 is 0 Å². The second kappa shape index (κ2) is 11.5. The summed E-state index contributed by atoms with van der Waals surface area (Å²) >= 11 is 7.34. The van der Waals surface area contributed by atoms with Gasteiger partial charge in [0.2, 0.25) is 11.8 Å². The second-order valence-corrected chi connectivity index (χ2v) is 9.76. The molecule has 34 heavy (non-hydrogen) atoms. The predicted octanol–water partition coefficient (Wildman–Crippen LogP) is 4.71. The monoisotopic (exact) mass is 497 g/mol. The molecule has 2 amide bonds. The van der Waals surface area contributed by atoms with E-state index in [1.54, 1.807) is 24.3 Å². The zero-order chi connectivity index (χ0) is 23.9. The van der Waals surface area contributed by atoms with Crippen molar-refractivity contribution in [2.75, 3.05) is 17.2 Å². The Labute approximate surface area is 208 Å². The lowest BCUT2D eigenvalue weighted by molar-refractivity contribution is -0.123. The van der Waals surface area contributed by atoms with Gasteiger partial charge in [-0.25, -0.2) is 0 Å². The van der Waals surface area contributed by atoms with Crippen LogP contribution in [-0.2, 0) is 16.6 Å². The average molecular weight is 498 g/mol. The van der Waals surface area contributed by atoms with Crippen molar-refractivity contribution in [3.63, 3.8) is 0 Å². The lowest BCUT2D eigenvalue weighted by atomic mass is 9.95. The molecule has 0 aliphatic heterocycles. The summed E-state index contributed by atoms with van der Waals surface area (Å²) in [6.07, 6.45) is 5.46. The highest BCUT2D eigenvalue weighted by Gasteiger charge is 2.23. The molecule has 1 aliphatic carbocycles. The fraction of sp³-hybridized carbons (Fsp3) is 0.360. The van der Waals surface area contributed by atoms with E-state index in [9.17, 15) is 9.59 Å². The van der Waals surface area contributed by atoms with Gasteiger partial charge in [0.1, 0.15) is 6.54 Å². The highest BCUT2D eigenvalue weighted by atomic mass is 35.5. The number of hydrogen-bond acceptors (Lipinski definition) is 5. The molecule has 1 N–H and O–H groups in total. The molecule has 7 nitrogen and oxygen atoms in total. The van der Waals surface area contributed by atoms with Crippen molar-refractivity contribution in [1.82, 2.24) is 20.1 Å². The Bertz CT molecular complexity index is 1110. The standard InChI is InChI=1S/C25H28ClN5O2S/c1-30-24(18-8-4-2-5-9-18)28-29-25(30)34-17-23(33)31(21-14-12-19(26)13-15-21)16-22(32)27-20-10-6-3-7-11-20/h2,4-5,8-9,12-15,20H,3,6-7,10-11,16-17H2,1H3,(H,27,32). The minimum atomic E-state index is -0.185. The number of aromatic nitrogens is 3. The van der Waals surface area contributed by atoms with Gasteiger partial charge in [0, 0.05) is 29.4 Å². The minimum absolute atomic E-state index is 0.0361. The van der Waals surface area contributed by atoms with E-state index in [2.05, 4.69) is 15.5 Å². The van der Waals surface area contributed by atoms with Gasteiger partial charge < -0.3 is 14.8 Å². The van der Waals surface area contributed by atoms with Gasteiger partial charge in [0.25, 0.3) is 0 Å². The first-order valence-corrected chi connectivity index (χ1v) is 12.8. The summed E-state index contributed by atoms with van der Waals surface area (Å²) in [4.78, 5) is 27.6. The van der Waals surface area contributed by atoms with Crippen LogP contribution in [0.15, 0.2) is 59.8 Å². The Hall–Kier alpha value is -2.84. The summed E-state index contributed by atoms with van der Waals surface area (Å²) in [6, 6.07) is 16.9. The summed E-state index contributed by atoms with van der Waals surface area (Å²) < 4.78 is 1.87. The molecule has 3 aromatic rings. The zero-order valence-electron chi connectivity index (χ0n) is 19.1. The van der Waals surface area contributed by atoms with Crippen molar-refractivity contribution in [2.24, 2.45) is 7.05 Å². The van der Waals surface area contributed by atoms with E-state index in [1.807, 2.05) is 41.9 Å². The number of benzene rings is 2. The van der Waals surface area contributed by atoms with Gasteiger partial charge in [-0.3, -0.25) is 9.59 Å². The molecule has 9 heteroatoms. The Morgan fingerprint density at radius 1 is 1.06 bits per heavy atom. The molecule has 1 aromatic heterocycles. The fourth-order valence-corrected chi connectivity index (χ4v) is 5.00. The quantitative estimate of drug-likeness (QED) is 0.456. The van der Waals surface area contributed by atoms with Crippen LogP contribution in [0.25, 0.3) is 11.4 Å². The number of thioether (sulfide) groups is 1. The molecule has 0 unspecified atom stereocenters. The SMILES string of the molecule is Cn1c(SCC(=O)N(CC(=O)NC2CCCCC2)c2ccc(Cl)cc2)nnc1-c1ccccc1. The molecular formula is C25H28ClN5O2S. The van der Waals surface area contributed by atoms with Crippen molar-refractivity contribution in [3.05, 3.63) is 59.6 Å². The summed E-state index contributed by atoms with van der Waals surface area (Å²) in [5.74, 6) is 0.526. The third-order valence-corrected chi connectivity index (χ3v) is 7.16. The van der Waals surface area contributed by atoms with Gasteiger partial charge in [-0.05, 0) is 37.1 Å². The summed E-state index contributed by atoms with van der Waals surface area (Å²) in [5.41, 5.74) is 1.59. The van der Waals surface area contributed by atoms with Gasteiger partial charge in [0.05, 0.1) is 5.75 Å². The number of hydrogen-bond donors (Lipinski definition) is 1. The molecule has 1 fully saturated rings. The molecule has 1 aliphatic rings. The van der Waals surface area contributed by atoms with E-state index < -0.39 is 0 Å². The molecule has 0 saturated heterocycles. The Morgan fingerprint density at radius 3 is 2.47 bits per heavy atom. The van der Waals surface area contributed by atoms with E-state index in [1.165, 1.54) is 23.1 Å². The number of halogens is 1. The normalized spacial score (nSPS) is 14.1. The number of nitrogens with one attached hydrogen (secondary N) is 1. The molecule has 4 rings (SSSR count). The maximum atomic E-state index is 13.3. The van der Waals surface area contributed by atoms with Crippen LogP contribution >= 0.6 is 23.4 Å². The lowest BCUT2D eigenvalue weighted by Crippen LogP contribution is -2.45. The van der Waals surface area contributed by atoms with Crippen LogP contribution in [0, 0.1) is 0 Å². The third-order valence-electron chi connectivity index (χ3n) is 5.90. The molecular weight excluding hydrogens is 470 g/mol. The van der Waals surface area contributed by atoms with E-state index in [0.29, 0.717) is 15.9 Å². The smallest absolute Gasteiger partial charge is 0.240 e. The minimum Gasteiger partial charge on any atom is -0.352 e. The molecule has 0 radical (unpaired) electrons. The van der Waals surface area contributed by atoms with Gasteiger partial charge >= 0.3 is 0 Å². The molecule has 178 valence electrons. The number of amides is 2. The lowest BCUT2D eigenvalue weighted by Gasteiger charge is -2.26. The number of nitrogens with zero attached hydrogens (tertiary/aromatic N) is 4. The highest BCUT2D eigenvalue weighted by molar-refractivity contribution is 7.99. The number of rotatable bonds is 8. The first-order chi connectivity index (χ1) is 16.5. The first-order valence-electron chi connectivity index (χ1n) is 11.4. The van der Waals surface area contributed by atoms with Crippen LogP contribution in [-0.4, -0.2) is 44.9 Å². The van der Waals surface area contributed by atoms with Crippen LogP contribution in [0.2, 0.25) is 5.02 Å². The molecule has 1 heterocycles. The second-order valence-electron chi connectivity index (χ2n) is 8.38. The largest absolute Gasteiger partial charge is 0.352 e. The zero-order valence-corrected chi connectivity index (χ0v) is 20.7. The van der Waals surface area contributed by atoms with Gasteiger partial charge in [0.15, 0.2) is 11.0 Å². The summed E-state index contributed by atoms with van der Waals surface area (Å²) in [5, 5.41) is 12.8. The van der Waals surface area contributed by atoms with Crippen molar-refractivity contribution >= 4 is 40.9 Å². The van der Waals surface area contributed by atoms with Crippen molar-refractivity contribution in [3.8, 4) is 11.4 Å². The molecule has 2 aromatic carbocycles. The van der Waals surface area contributed by atoms with E-state index in [0.717, 1.165) is 37.1 Å². The van der Waals surface area contributed by atoms with Crippen molar-refractivity contribution in [2.45, 2.75) is 43.3 Å². The van der Waals surface area contributed by atoms with Crippen LogP contribution in [0.4, 0.5) is 5.69 Å². The van der Waals surface area contributed by atoms with Gasteiger partial charge in [-0.1, -0.05) is 73.0 Å². The third kappa shape index (κ3) is 6.18. The Balaban J connectivity index is 1.44. The van der Waals surface area contributed by atoms with Crippen molar-refractivity contribution in [1.29, 1.82) is 0 Å². The van der Waals surface area contributed by atoms with Gasteiger partial charge in [-0.2, -0.15) is 0 Å². The van der Waals surface area contributed by atoms with E-state index in [4.69, 9.17) is 11.6 Å². The Kier molecular flexibility index (Phi) is 8.24. The van der Waals surface area contributed by atoms with Crippen LogP contribution in [0.3, 0.4) is 0 Å². The first kappa shape index (κ1) is 24.3. The van der Waals surface area contributed by atoms with Gasteiger partial charge in [-0.15, -0.1) is 10.2 Å². The molecule has 0 bridgehead atoms. The molecule has 0 atom stereocenters. The van der Waals surface area contributed by atoms with Crippen molar-refractivity contribution < 1.29 is 9.59 Å². The number of carbonyl (C=O) groups excluding carboxylic acids is 2. The summed E-state index contributed by atoms with van der Waals surface area (Å²) in [7, 11) is 1.88. The number of anilines is 1. The van der Waals surface area contributed by atoms with Crippen LogP contribution in [0.1, 0.15) is 32.1 Å². The van der Waals surface area contributed by atoms with Crippen LogP contribution < -0.4 is 10.2 Å². The summed E-state index contributed by atoms with van der Waals surface area (Å²) in [6.45, 7) is -0.0361. The average Bonchev–Trinajstić information content (AvgIpc) is 3.23. The molecule has 0 spiro atoms. The number of carbonyl (C=O) groups is 2. The Morgan fingerprint density at radius 2 is 1.76 bits per heavy atom. The predicted molar refractivity (Wildman–Crippen MR) is 136 cm³/mol. The molecule has 1 saturated carbocycles. The fourth-order valence-electron chi connectivity index (χ4n) is 4.09. The maximum Gasteiger partial charge on any atom is 0.240 e. The van der Waals surface area contributed by atoms with E-state index in [-0.39, 0.29) is 30.2 Å².